The summed E-state index contributed by atoms with van der Waals surface area (Å²) in [5.41, 5.74) is 0. The zero-order valence-corrected chi connectivity index (χ0v) is 8.49. The molecule has 3 nitrogen and oxygen atoms in total. The standard InChI is InChI=1S/C7H4ClF3O3S/c8-5-3-4(14-7(9,10)11)1-2-6(5)15(12)13/h1-3H,(H,12,13). The maximum absolute atomic E-state index is 11.8. The molecule has 0 aliphatic rings. The van der Waals surface area contributed by atoms with Gasteiger partial charge in [-0.1, -0.05) is 11.6 Å². The maximum atomic E-state index is 11.8. The van der Waals surface area contributed by atoms with E-state index in [1.807, 2.05) is 0 Å². The number of ether oxygens (including phenoxy) is 1. The highest BCUT2D eigenvalue weighted by molar-refractivity contribution is 7.79. The van der Waals surface area contributed by atoms with Gasteiger partial charge in [-0.15, -0.1) is 13.2 Å². The zero-order valence-electron chi connectivity index (χ0n) is 6.92. The second-order valence-electron chi connectivity index (χ2n) is 2.39. The zero-order chi connectivity index (χ0) is 11.6. The summed E-state index contributed by atoms with van der Waals surface area (Å²) in [7, 11) is 0. The molecule has 1 atom stereocenters. The Morgan fingerprint density at radius 1 is 1.40 bits per heavy atom. The van der Waals surface area contributed by atoms with Gasteiger partial charge in [0.15, 0.2) is 11.1 Å². The van der Waals surface area contributed by atoms with E-state index < -0.39 is 23.2 Å². The van der Waals surface area contributed by atoms with Gasteiger partial charge in [0, 0.05) is 6.07 Å². The third kappa shape index (κ3) is 3.69. The second kappa shape index (κ2) is 4.38. The molecule has 0 saturated heterocycles. The molecular formula is C7H4ClF3O3S. The molecular weight excluding hydrogens is 257 g/mol. The van der Waals surface area contributed by atoms with Crippen molar-refractivity contribution >= 4 is 22.7 Å². The van der Waals surface area contributed by atoms with Gasteiger partial charge in [-0.25, -0.2) is 4.21 Å². The van der Waals surface area contributed by atoms with Gasteiger partial charge in [-0.3, -0.25) is 0 Å². The Balaban J connectivity index is 2.97. The third-order valence-electron chi connectivity index (χ3n) is 1.33. The molecule has 0 fully saturated rings. The first-order valence-electron chi connectivity index (χ1n) is 3.46. The van der Waals surface area contributed by atoms with Crippen LogP contribution in [0.3, 0.4) is 0 Å². The highest BCUT2D eigenvalue weighted by Gasteiger charge is 2.31. The molecule has 0 aliphatic carbocycles. The summed E-state index contributed by atoms with van der Waals surface area (Å²) >= 11 is 3.11. The molecule has 0 spiro atoms. The van der Waals surface area contributed by atoms with E-state index in [2.05, 4.69) is 4.74 Å². The molecule has 1 aromatic rings. The Hall–Kier alpha value is -0.790. The van der Waals surface area contributed by atoms with Gasteiger partial charge in [-0.05, 0) is 12.1 Å². The average Bonchev–Trinajstić information content (AvgIpc) is 1.99. The number of benzene rings is 1. The summed E-state index contributed by atoms with van der Waals surface area (Å²) in [6, 6.07) is 2.71. The van der Waals surface area contributed by atoms with Crippen LogP contribution in [0.5, 0.6) is 5.75 Å². The van der Waals surface area contributed by atoms with Crippen molar-refractivity contribution in [1.82, 2.24) is 0 Å². The molecule has 1 unspecified atom stereocenters. The fourth-order valence-electron chi connectivity index (χ4n) is 0.820. The molecule has 15 heavy (non-hydrogen) atoms. The van der Waals surface area contributed by atoms with Crippen LogP contribution < -0.4 is 4.74 Å². The fraction of sp³-hybridized carbons (Fsp3) is 0.143. The summed E-state index contributed by atoms with van der Waals surface area (Å²) in [6.45, 7) is 0. The predicted octanol–water partition coefficient (Wildman–Crippen LogP) is 2.82. The van der Waals surface area contributed by atoms with Crippen LogP contribution in [0, 0.1) is 0 Å². The molecule has 0 amide bonds. The SMILES string of the molecule is O=S(O)c1ccc(OC(F)(F)F)cc1Cl. The van der Waals surface area contributed by atoms with Gasteiger partial charge in [0.2, 0.25) is 0 Å². The summed E-state index contributed by atoms with van der Waals surface area (Å²) in [6.07, 6.45) is -4.82. The molecule has 1 rings (SSSR count). The molecule has 0 aromatic heterocycles. The van der Waals surface area contributed by atoms with Gasteiger partial charge in [0.1, 0.15) is 5.75 Å². The quantitative estimate of drug-likeness (QED) is 0.832. The van der Waals surface area contributed by atoms with Crippen LogP contribution >= 0.6 is 11.6 Å². The van der Waals surface area contributed by atoms with E-state index >= 15 is 0 Å². The smallest absolute Gasteiger partial charge is 0.406 e. The van der Waals surface area contributed by atoms with E-state index in [4.69, 9.17) is 16.2 Å². The van der Waals surface area contributed by atoms with Crippen LogP contribution in [0.25, 0.3) is 0 Å². The molecule has 8 heteroatoms. The van der Waals surface area contributed by atoms with E-state index in [-0.39, 0.29) is 9.92 Å². The Labute approximate surface area is 90.1 Å². The highest BCUT2D eigenvalue weighted by Crippen LogP contribution is 2.28. The maximum Gasteiger partial charge on any atom is 0.573 e. The number of rotatable bonds is 2. The van der Waals surface area contributed by atoms with E-state index in [9.17, 15) is 17.4 Å². The topological polar surface area (TPSA) is 46.5 Å². The van der Waals surface area contributed by atoms with Crippen LogP contribution in [0.4, 0.5) is 13.2 Å². The Bertz CT molecular complexity index is 394. The number of hydrogen-bond donors (Lipinski definition) is 1. The van der Waals surface area contributed by atoms with E-state index in [1.165, 1.54) is 0 Å². The average molecular weight is 261 g/mol. The third-order valence-corrected chi connectivity index (χ3v) is 2.48. The van der Waals surface area contributed by atoms with Gasteiger partial charge in [-0.2, -0.15) is 0 Å². The van der Waals surface area contributed by atoms with Crippen molar-refractivity contribution < 1.29 is 26.7 Å². The summed E-state index contributed by atoms with van der Waals surface area (Å²) < 4.78 is 58.1. The first-order valence-corrected chi connectivity index (χ1v) is 4.94. The van der Waals surface area contributed by atoms with E-state index in [1.54, 1.807) is 0 Å². The van der Waals surface area contributed by atoms with Crippen LogP contribution in [-0.4, -0.2) is 15.1 Å². The van der Waals surface area contributed by atoms with E-state index in [0.717, 1.165) is 18.2 Å². The number of hydrogen-bond acceptors (Lipinski definition) is 2. The first-order chi connectivity index (χ1) is 6.79. The van der Waals surface area contributed by atoms with Gasteiger partial charge < -0.3 is 9.29 Å². The van der Waals surface area contributed by atoms with Crippen molar-refractivity contribution in [3.8, 4) is 5.75 Å². The minimum absolute atomic E-state index is 0.175. The molecule has 1 aromatic carbocycles. The molecule has 0 heterocycles. The van der Waals surface area contributed by atoms with Gasteiger partial charge in [0.05, 0.1) is 9.92 Å². The lowest BCUT2D eigenvalue weighted by Gasteiger charge is -2.09. The van der Waals surface area contributed by atoms with Gasteiger partial charge >= 0.3 is 6.36 Å². The Morgan fingerprint density at radius 2 is 2.00 bits per heavy atom. The summed E-state index contributed by atoms with van der Waals surface area (Å²) in [5.74, 6) is -0.540. The van der Waals surface area contributed by atoms with Crippen molar-refractivity contribution in [3.63, 3.8) is 0 Å². The van der Waals surface area contributed by atoms with Gasteiger partial charge in [0.25, 0.3) is 0 Å². The normalized spacial score (nSPS) is 13.7. The minimum Gasteiger partial charge on any atom is -0.406 e. The van der Waals surface area contributed by atoms with Crippen molar-refractivity contribution in [2.75, 3.05) is 0 Å². The fourth-order valence-corrected chi connectivity index (χ4v) is 1.60. The molecule has 0 aliphatic heterocycles. The summed E-state index contributed by atoms with van der Waals surface area (Å²) in [5, 5.41) is -0.266. The second-order valence-corrected chi connectivity index (χ2v) is 3.73. The highest BCUT2D eigenvalue weighted by atomic mass is 35.5. The predicted molar refractivity (Wildman–Crippen MR) is 47.2 cm³/mol. The Kier molecular flexibility index (Phi) is 3.58. The number of halogens is 4. The van der Waals surface area contributed by atoms with Crippen molar-refractivity contribution in [2.45, 2.75) is 11.3 Å². The lowest BCUT2D eigenvalue weighted by Crippen LogP contribution is -2.17. The molecule has 0 saturated carbocycles. The van der Waals surface area contributed by atoms with Crippen molar-refractivity contribution in [2.24, 2.45) is 0 Å². The lowest BCUT2D eigenvalue weighted by molar-refractivity contribution is -0.274. The van der Waals surface area contributed by atoms with Crippen LogP contribution in [0.2, 0.25) is 5.02 Å². The van der Waals surface area contributed by atoms with Crippen LogP contribution in [0.1, 0.15) is 0 Å². The first kappa shape index (κ1) is 12.3. The summed E-state index contributed by atoms with van der Waals surface area (Å²) in [4.78, 5) is -0.175. The molecule has 1 N–H and O–H groups in total. The van der Waals surface area contributed by atoms with E-state index in [0.29, 0.717) is 0 Å². The molecule has 84 valence electrons. The van der Waals surface area contributed by atoms with Crippen molar-refractivity contribution in [3.05, 3.63) is 23.2 Å². The Morgan fingerprint density at radius 3 is 2.40 bits per heavy atom. The minimum atomic E-state index is -4.82. The lowest BCUT2D eigenvalue weighted by atomic mass is 10.3. The molecule has 0 bridgehead atoms. The van der Waals surface area contributed by atoms with Crippen LogP contribution in [0.15, 0.2) is 23.1 Å². The van der Waals surface area contributed by atoms with Crippen LogP contribution in [-0.2, 0) is 11.1 Å². The largest absolute Gasteiger partial charge is 0.573 e. The van der Waals surface area contributed by atoms with Crippen molar-refractivity contribution in [1.29, 1.82) is 0 Å². The monoisotopic (exact) mass is 260 g/mol. The number of alkyl halides is 3. The molecule has 0 radical (unpaired) electrons.